The van der Waals surface area contributed by atoms with Crippen LogP contribution in [0.1, 0.15) is 10.4 Å². The van der Waals surface area contributed by atoms with Gasteiger partial charge in [-0.15, -0.1) is 0 Å². The number of nitrogens with zero attached hydrogens (tertiary/aromatic N) is 2. The molecule has 1 fully saturated rings. The molecule has 0 atom stereocenters. The van der Waals surface area contributed by atoms with Gasteiger partial charge in [-0.1, -0.05) is 53.5 Å². The van der Waals surface area contributed by atoms with Crippen LogP contribution in [0.3, 0.4) is 0 Å². The van der Waals surface area contributed by atoms with Crippen LogP contribution in [0.25, 0.3) is 0 Å². The lowest BCUT2D eigenvalue weighted by molar-refractivity contribution is 0.0621. The molecule has 218 valence electrons. The van der Waals surface area contributed by atoms with Gasteiger partial charge in [0.1, 0.15) is 23.9 Å². The fraction of sp³-hybridized carbons (Fsp3) is 0.194. The Morgan fingerprint density at radius 1 is 0.810 bits per heavy atom. The average Bonchev–Trinajstić information content (AvgIpc) is 3.00. The summed E-state index contributed by atoms with van der Waals surface area (Å²) in [6.07, 6.45) is 0. The first-order valence-electron chi connectivity index (χ1n) is 13.3. The summed E-state index contributed by atoms with van der Waals surface area (Å²) in [5, 5.41) is 0.772. The lowest BCUT2D eigenvalue weighted by Gasteiger charge is -2.35. The summed E-state index contributed by atoms with van der Waals surface area (Å²) in [4.78, 5) is 17.5. The molecule has 0 unspecified atom stereocenters. The van der Waals surface area contributed by atoms with Gasteiger partial charge in [0.15, 0.2) is 0 Å². The Bertz CT molecular complexity index is 1630. The standard InChI is InChI=1S/C31H29Cl2N3O5S/c32-23-10-15-29(34-42(38,39)26-13-11-25(12-14-26)41-30-9-5-4-8-28(30)33)27(22-23)31(37)36-18-16-35(17-19-36)20-21-40-24-6-2-1-3-7-24/h1-15,22,34H,16-21H2. The Morgan fingerprint density at radius 3 is 2.21 bits per heavy atom. The van der Waals surface area contributed by atoms with Crippen molar-refractivity contribution in [2.45, 2.75) is 4.90 Å². The van der Waals surface area contributed by atoms with E-state index in [0.29, 0.717) is 54.3 Å². The largest absolute Gasteiger partial charge is 0.492 e. The number of ether oxygens (including phenoxy) is 2. The van der Waals surface area contributed by atoms with E-state index >= 15 is 0 Å². The van der Waals surface area contributed by atoms with Crippen molar-refractivity contribution in [1.29, 1.82) is 0 Å². The van der Waals surface area contributed by atoms with Crippen molar-refractivity contribution in [3.05, 3.63) is 113 Å². The highest BCUT2D eigenvalue weighted by Crippen LogP contribution is 2.30. The number of sulfonamides is 1. The van der Waals surface area contributed by atoms with Crippen molar-refractivity contribution in [3.8, 4) is 17.2 Å². The second kappa shape index (κ2) is 13.5. The van der Waals surface area contributed by atoms with Gasteiger partial charge < -0.3 is 14.4 Å². The fourth-order valence-electron chi connectivity index (χ4n) is 4.48. The quantitative estimate of drug-likeness (QED) is 0.219. The number of para-hydroxylation sites is 2. The molecule has 4 aromatic rings. The third-order valence-electron chi connectivity index (χ3n) is 6.73. The zero-order valence-corrected chi connectivity index (χ0v) is 24.9. The van der Waals surface area contributed by atoms with E-state index in [4.69, 9.17) is 32.7 Å². The minimum absolute atomic E-state index is 0.00805. The van der Waals surface area contributed by atoms with E-state index in [1.165, 1.54) is 36.4 Å². The molecule has 0 bridgehead atoms. The summed E-state index contributed by atoms with van der Waals surface area (Å²) in [5.41, 5.74) is 0.338. The van der Waals surface area contributed by atoms with Crippen LogP contribution in [0.4, 0.5) is 5.69 Å². The van der Waals surface area contributed by atoms with Crippen LogP contribution in [0.5, 0.6) is 17.2 Å². The highest BCUT2D eigenvalue weighted by atomic mass is 35.5. The number of nitrogens with one attached hydrogen (secondary N) is 1. The Labute approximate surface area is 255 Å². The van der Waals surface area contributed by atoms with Gasteiger partial charge in [0, 0.05) is 37.7 Å². The zero-order chi connectivity index (χ0) is 29.5. The van der Waals surface area contributed by atoms with Gasteiger partial charge in [0.2, 0.25) is 0 Å². The molecule has 0 radical (unpaired) electrons. The Morgan fingerprint density at radius 2 is 1.50 bits per heavy atom. The van der Waals surface area contributed by atoms with E-state index in [1.54, 1.807) is 35.2 Å². The first kappa shape index (κ1) is 29.7. The number of piperazine rings is 1. The van der Waals surface area contributed by atoms with Crippen LogP contribution in [0.15, 0.2) is 102 Å². The number of carbonyl (C=O) groups excluding carboxylic acids is 1. The molecule has 1 N–H and O–H groups in total. The summed E-state index contributed by atoms with van der Waals surface area (Å²) in [5.74, 6) is 1.41. The molecule has 0 aromatic heterocycles. The first-order valence-corrected chi connectivity index (χ1v) is 15.6. The number of hydrogen-bond donors (Lipinski definition) is 1. The Kier molecular flexibility index (Phi) is 9.54. The number of benzene rings is 4. The van der Waals surface area contributed by atoms with E-state index in [-0.39, 0.29) is 22.1 Å². The third kappa shape index (κ3) is 7.54. The first-order chi connectivity index (χ1) is 20.3. The minimum Gasteiger partial charge on any atom is -0.492 e. The molecule has 8 nitrogen and oxygen atoms in total. The fourth-order valence-corrected chi connectivity index (χ4v) is 5.91. The van der Waals surface area contributed by atoms with Gasteiger partial charge in [0.25, 0.3) is 15.9 Å². The molecule has 4 aromatic carbocycles. The van der Waals surface area contributed by atoms with Gasteiger partial charge in [-0.3, -0.25) is 14.4 Å². The molecule has 1 aliphatic heterocycles. The van der Waals surface area contributed by atoms with Crippen LogP contribution in [-0.2, 0) is 10.0 Å². The summed E-state index contributed by atoms with van der Waals surface area (Å²) >= 11 is 12.4. The van der Waals surface area contributed by atoms with Crippen molar-refractivity contribution >= 4 is 44.8 Å². The Hall–Kier alpha value is -3.76. The number of rotatable bonds is 10. The van der Waals surface area contributed by atoms with E-state index in [2.05, 4.69) is 9.62 Å². The number of anilines is 1. The van der Waals surface area contributed by atoms with E-state index in [0.717, 1.165) is 12.3 Å². The number of halogens is 2. The summed E-state index contributed by atoms with van der Waals surface area (Å²) in [6, 6.07) is 27.1. The van der Waals surface area contributed by atoms with E-state index in [9.17, 15) is 13.2 Å². The lowest BCUT2D eigenvalue weighted by atomic mass is 10.1. The number of amides is 1. The van der Waals surface area contributed by atoms with E-state index < -0.39 is 10.0 Å². The molecule has 0 aliphatic carbocycles. The van der Waals surface area contributed by atoms with Gasteiger partial charge >= 0.3 is 0 Å². The molecule has 1 saturated heterocycles. The van der Waals surface area contributed by atoms with Crippen LogP contribution in [-0.4, -0.2) is 63.5 Å². The van der Waals surface area contributed by atoms with Gasteiger partial charge in [-0.25, -0.2) is 8.42 Å². The van der Waals surface area contributed by atoms with Crippen molar-refractivity contribution in [2.24, 2.45) is 0 Å². The van der Waals surface area contributed by atoms with Crippen LogP contribution in [0.2, 0.25) is 10.0 Å². The maximum atomic E-state index is 13.5. The predicted molar refractivity (Wildman–Crippen MR) is 165 cm³/mol. The van der Waals surface area contributed by atoms with Crippen LogP contribution in [0, 0.1) is 0 Å². The van der Waals surface area contributed by atoms with Crippen molar-refractivity contribution in [3.63, 3.8) is 0 Å². The molecule has 5 rings (SSSR count). The topological polar surface area (TPSA) is 88.2 Å². The molecular weight excluding hydrogens is 597 g/mol. The Balaban J connectivity index is 1.21. The van der Waals surface area contributed by atoms with Gasteiger partial charge in [-0.2, -0.15) is 0 Å². The minimum atomic E-state index is -4.02. The molecular formula is C31H29Cl2N3O5S. The smallest absolute Gasteiger partial charge is 0.261 e. The molecule has 11 heteroatoms. The zero-order valence-electron chi connectivity index (χ0n) is 22.6. The second-order valence-corrected chi connectivity index (χ2v) is 12.1. The average molecular weight is 627 g/mol. The normalized spacial score (nSPS) is 13.9. The van der Waals surface area contributed by atoms with Gasteiger partial charge in [-0.05, 0) is 66.7 Å². The molecule has 1 amide bonds. The van der Waals surface area contributed by atoms with E-state index in [1.807, 2.05) is 30.3 Å². The monoisotopic (exact) mass is 625 g/mol. The molecule has 0 saturated carbocycles. The molecule has 1 heterocycles. The maximum absolute atomic E-state index is 13.5. The number of hydrogen-bond acceptors (Lipinski definition) is 6. The highest BCUT2D eigenvalue weighted by molar-refractivity contribution is 7.92. The predicted octanol–water partition coefficient (Wildman–Crippen LogP) is 6.42. The lowest BCUT2D eigenvalue weighted by Crippen LogP contribution is -2.49. The summed E-state index contributed by atoms with van der Waals surface area (Å²) in [7, 11) is -4.02. The van der Waals surface area contributed by atoms with Gasteiger partial charge in [0.05, 0.1) is 21.2 Å². The molecule has 42 heavy (non-hydrogen) atoms. The number of carbonyl (C=O) groups is 1. The van der Waals surface area contributed by atoms with Crippen LogP contribution >= 0.6 is 23.2 Å². The molecule has 1 aliphatic rings. The maximum Gasteiger partial charge on any atom is 0.261 e. The third-order valence-corrected chi connectivity index (χ3v) is 8.66. The van der Waals surface area contributed by atoms with Crippen molar-refractivity contribution < 1.29 is 22.7 Å². The SMILES string of the molecule is O=C(c1cc(Cl)ccc1NS(=O)(=O)c1ccc(Oc2ccccc2Cl)cc1)N1CCN(CCOc2ccccc2)CC1. The van der Waals surface area contributed by atoms with Crippen molar-refractivity contribution in [1.82, 2.24) is 9.80 Å². The highest BCUT2D eigenvalue weighted by Gasteiger charge is 2.26. The summed E-state index contributed by atoms with van der Waals surface area (Å²) in [6.45, 7) is 3.63. The van der Waals surface area contributed by atoms with Crippen LogP contribution < -0.4 is 14.2 Å². The molecule has 0 spiro atoms. The van der Waals surface area contributed by atoms with Crippen molar-refractivity contribution in [2.75, 3.05) is 44.1 Å². The second-order valence-electron chi connectivity index (χ2n) is 9.59. The summed E-state index contributed by atoms with van der Waals surface area (Å²) < 4.78 is 40.6.